The maximum absolute atomic E-state index is 12.8. The van der Waals surface area contributed by atoms with Crippen molar-refractivity contribution in [1.82, 2.24) is 5.32 Å². The van der Waals surface area contributed by atoms with E-state index in [2.05, 4.69) is 35.2 Å². The monoisotopic (exact) mass is 454 g/mol. The van der Waals surface area contributed by atoms with E-state index in [4.69, 9.17) is 0 Å². The number of amides is 1. The number of carbonyl (C=O) groups is 1. The third kappa shape index (κ3) is 6.60. The Hall–Kier alpha value is -2.77. The SMILES string of the molecule is Cc1cccc(CSCCNC(=O)c2ccc(C)c(S(=O)(=O)Nc3ccccc3)c2)c1. The fourth-order valence-corrected chi connectivity index (χ4v) is 5.21. The molecule has 0 saturated heterocycles. The second kappa shape index (κ2) is 10.5. The molecule has 31 heavy (non-hydrogen) atoms. The Kier molecular flexibility index (Phi) is 7.76. The molecule has 0 aliphatic heterocycles. The van der Waals surface area contributed by atoms with Crippen molar-refractivity contribution in [3.63, 3.8) is 0 Å². The van der Waals surface area contributed by atoms with Crippen molar-refractivity contribution in [2.45, 2.75) is 24.5 Å². The Morgan fingerprint density at radius 3 is 2.45 bits per heavy atom. The highest BCUT2D eigenvalue weighted by Crippen LogP contribution is 2.21. The predicted molar refractivity (Wildman–Crippen MR) is 128 cm³/mol. The lowest BCUT2D eigenvalue weighted by molar-refractivity contribution is 0.0956. The second-order valence-corrected chi connectivity index (χ2v) is 10.0. The number of rotatable bonds is 9. The van der Waals surface area contributed by atoms with E-state index >= 15 is 0 Å². The maximum atomic E-state index is 12.8. The number of para-hydroxylation sites is 1. The number of carbonyl (C=O) groups excluding carboxylic acids is 1. The molecule has 0 spiro atoms. The zero-order chi connectivity index (χ0) is 22.3. The van der Waals surface area contributed by atoms with Crippen LogP contribution in [0.25, 0.3) is 0 Å². The normalized spacial score (nSPS) is 11.2. The van der Waals surface area contributed by atoms with E-state index in [-0.39, 0.29) is 10.8 Å². The van der Waals surface area contributed by atoms with Crippen LogP contribution >= 0.6 is 11.8 Å². The minimum atomic E-state index is -3.80. The van der Waals surface area contributed by atoms with Gasteiger partial charge in [-0.2, -0.15) is 11.8 Å². The summed E-state index contributed by atoms with van der Waals surface area (Å²) in [5.41, 5.74) is 3.87. The number of benzene rings is 3. The Balaban J connectivity index is 1.58. The minimum absolute atomic E-state index is 0.0952. The number of thioether (sulfide) groups is 1. The zero-order valence-corrected chi connectivity index (χ0v) is 19.2. The van der Waals surface area contributed by atoms with E-state index in [1.807, 2.05) is 12.1 Å². The molecule has 7 heteroatoms. The number of aryl methyl sites for hydroxylation is 2. The van der Waals surface area contributed by atoms with Crippen LogP contribution in [0.2, 0.25) is 0 Å². The van der Waals surface area contributed by atoms with Gasteiger partial charge in [-0.3, -0.25) is 9.52 Å². The lowest BCUT2D eigenvalue weighted by Gasteiger charge is -2.12. The van der Waals surface area contributed by atoms with Crippen molar-refractivity contribution in [3.05, 3.63) is 95.1 Å². The number of nitrogens with one attached hydrogen (secondary N) is 2. The van der Waals surface area contributed by atoms with E-state index in [1.165, 1.54) is 17.2 Å². The highest BCUT2D eigenvalue weighted by Gasteiger charge is 2.19. The van der Waals surface area contributed by atoms with E-state index in [9.17, 15) is 13.2 Å². The quantitative estimate of drug-likeness (QED) is 0.457. The first-order chi connectivity index (χ1) is 14.8. The minimum Gasteiger partial charge on any atom is -0.351 e. The molecule has 0 bridgehead atoms. The van der Waals surface area contributed by atoms with Crippen molar-refractivity contribution >= 4 is 33.4 Å². The fourth-order valence-electron chi connectivity index (χ4n) is 3.08. The van der Waals surface area contributed by atoms with Crippen LogP contribution in [0.4, 0.5) is 5.69 Å². The van der Waals surface area contributed by atoms with Crippen LogP contribution in [0.1, 0.15) is 27.0 Å². The van der Waals surface area contributed by atoms with E-state index in [1.54, 1.807) is 55.1 Å². The number of sulfonamides is 1. The molecule has 3 rings (SSSR count). The van der Waals surface area contributed by atoms with Crippen LogP contribution in [0.3, 0.4) is 0 Å². The molecule has 3 aromatic carbocycles. The van der Waals surface area contributed by atoms with Crippen molar-refractivity contribution in [3.8, 4) is 0 Å². The number of hydrogen-bond donors (Lipinski definition) is 2. The summed E-state index contributed by atoms with van der Waals surface area (Å²) in [6.45, 7) is 4.29. The summed E-state index contributed by atoms with van der Waals surface area (Å²) < 4.78 is 28.2. The summed E-state index contributed by atoms with van der Waals surface area (Å²) in [5, 5.41) is 2.87. The number of anilines is 1. The van der Waals surface area contributed by atoms with Gasteiger partial charge in [-0.1, -0.05) is 54.1 Å². The summed E-state index contributed by atoms with van der Waals surface area (Å²) in [6, 6.07) is 21.8. The molecule has 0 aliphatic carbocycles. The molecule has 0 heterocycles. The highest BCUT2D eigenvalue weighted by atomic mass is 32.2. The summed E-state index contributed by atoms with van der Waals surface area (Å²) >= 11 is 1.74. The van der Waals surface area contributed by atoms with Crippen LogP contribution in [0.5, 0.6) is 0 Å². The summed E-state index contributed by atoms with van der Waals surface area (Å²) in [6.07, 6.45) is 0. The molecule has 0 radical (unpaired) electrons. The van der Waals surface area contributed by atoms with E-state index in [0.29, 0.717) is 23.4 Å². The lowest BCUT2D eigenvalue weighted by atomic mass is 10.1. The average molecular weight is 455 g/mol. The van der Waals surface area contributed by atoms with E-state index in [0.717, 1.165) is 11.5 Å². The van der Waals surface area contributed by atoms with Gasteiger partial charge in [-0.25, -0.2) is 8.42 Å². The van der Waals surface area contributed by atoms with Gasteiger partial charge in [0.1, 0.15) is 0 Å². The highest BCUT2D eigenvalue weighted by molar-refractivity contribution is 7.98. The summed E-state index contributed by atoms with van der Waals surface area (Å²) in [5.74, 6) is 1.37. The van der Waals surface area contributed by atoms with E-state index < -0.39 is 10.0 Å². The first-order valence-corrected chi connectivity index (χ1v) is 12.6. The largest absolute Gasteiger partial charge is 0.351 e. The molecule has 0 aliphatic rings. The Labute approximate surface area is 188 Å². The molecule has 1 amide bonds. The van der Waals surface area contributed by atoms with Gasteiger partial charge < -0.3 is 5.32 Å². The summed E-state index contributed by atoms with van der Waals surface area (Å²) in [7, 11) is -3.80. The third-order valence-electron chi connectivity index (χ3n) is 4.65. The maximum Gasteiger partial charge on any atom is 0.262 e. The zero-order valence-electron chi connectivity index (χ0n) is 17.6. The first-order valence-electron chi connectivity index (χ1n) is 9.95. The molecule has 0 aromatic heterocycles. The van der Waals surface area contributed by atoms with Gasteiger partial charge in [0.05, 0.1) is 4.90 Å². The van der Waals surface area contributed by atoms with Crippen LogP contribution in [-0.4, -0.2) is 26.6 Å². The molecule has 0 fully saturated rings. The van der Waals surface area contributed by atoms with Crippen LogP contribution in [0.15, 0.2) is 77.7 Å². The summed E-state index contributed by atoms with van der Waals surface area (Å²) in [4.78, 5) is 12.6. The molecular weight excluding hydrogens is 428 g/mol. The predicted octanol–water partition coefficient (Wildman–Crippen LogP) is 4.77. The van der Waals surface area contributed by atoms with Gasteiger partial charge in [0.15, 0.2) is 0 Å². The van der Waals surface area contributed by atoms with Gasteiger partial charge in [-0.15, -0.1) is 0 Å². The average Bonchev–Trinajstić information content (AvgIpc) is 2.74. The fraction of sp³-hybridized carbons (Fsp3) is 0.208. The molecule has 0 unspecified atom stereocenters. The Bertz CT molecular complexity index is 1150. The number of hydrogen-bond acceptors (Lipinski definition) is 4. The van der Waals surface area contributed by atoms with Crippen LogP contribution < -0.4 is 10.0 Å². The standard InChI is InChI=1S/C24H26N2O3S2/c1-18-7-6-8-20(15-18)17-30-14-13-25-24(27)21-12-11-19(2)23(16-21)31(28,29)26-22-9-4-3-5-10-22/h3-12,15-16,26H,13-14,17H2,1-2H3,(H,25,27). The molecule has 162 valence electrons. The van der Waals surface area contributed by atoms with Gasteiger partial charge in [0.25, 0.3) is 15.9 Å². The van der Waals surface area contributed by atoms with Gasteiger partial charge >= 0.3 is 0 Å². The van der Waals surface area contributed by atoms with Crippen LogP contribution in [0, 0.1) is 13.8 Å². The first kappa shape index (κ1) is 22.9. The lowest BCUT2D eigenvalue weighted by Crippen LogP contribution is -2.26. The van der Waals surface area contributed by atoms with Crippen molar-refractivity contribution in [2.75, 3.05) is 17.0 Å². The molecule has 3 aromatic rings. The van der Waals surface area contributed by atoms with Gasteiger partial charge in [-0.05, 0) is 49.2 Å². The molecule has 0 saturated carbocycles. The van der Waals surface area contributed by atoms with Crippen molar-refractivity contribution < 1.29 is 13.2 Å². The Morgan fingerprint density at radius 1 is 0.935 bits per heavy atom. The molecule has 5 nitrogen and oxygen atoms in total. The van der Waals surface area contributed by atoms with Crippen LogP contribution in [-0.2, 0) is 15.8 Å². The van der Waals surface area contributed by atoms with Gasteiger partial charge in [0.2, 0.25) is 0 Å². The topological polar surface area (TPSA) is 75.3 Å². The third-order valence-corrected chi connectivity index (χ3v) is 7.20. The van der Waals surface area contributed by atoms with Gasteiger partial charge in [0, 0.05) is 29.3 Å². The second-order valence-electron chi connectivity index (χ2n) is 7.25. The van der Waals surface area contributed by atoms with Crippen molar-refractivity contribution in [2.24, 2.45) is 0 Å². The molecule has 2 N–H and O–H groups in total. The molecular formula is C24H26N2O3S2. The Morgan fingerprint density at radius 2 is 1.71 bits per heavy atom. The molecule has 0 atom stereocenters. The smallest absolute Gasteiger partial charge is 0.262 e. The van der Waals surface area contributed by atoms with Crippen molar-refractivity contribution in [1.29, 1.82) is 0 Å².